The number of benzene rings is 1. The molecule has 0 fully saturated rings. The van der Waals surface area contributed by atoms with Crippen LogP contribution in [0, 0.1) is 5.92 Å². The predicted molar refractivity (Wildman–Crippen MR) is 304 cm³/mol. The van der Waals surface area contributed by atoms with Crippen LogP contribution in [0.1, 0.15) is 78.5 Å². The van der Waals surface area contributed by atoms with Crippen molar-refractivity contribution in [3.63, 3.8) is 0 Å². The van der Waals surface area contributed by atoms with E-state index in [0.717, 1.165) is 20.8 Å². The zero-order valence-electron chi connectivity index (χ0n) is 49.6. The summed E-state index contributed by atoms with van der Waals surface area (Å²) in [6, 6.07) is -12.0. The second-order valence-corrected chi connectivity index (χ2v) is 20.9. The Morgan fingerprint density at radius 1 is 0.489 bits per heavy atom. The van der Waals surface area contributed by atoms with Gasteiger partial charge < -0.3 is 110 Å². The van der Waals surface area contributed by atoms with E-state index in [1.165, 1.54) is 45.4 Å². The average molecular weight is 1280 g/mol. The fourth-order valence-electron chi connectivity index (χ4n) is 8.03. The van der Waals surface area contributed by atoms with E-state index in [2.05, 4.69) is 52.5 Å². The molecule has 2 aromatic rings. The highest BCUT2D eigenvalue weighted by Crippen LogP contribution is 2.10. The topological polar surface area (TPSA) is 605 Å². The molecule has 90 heavy (non-hydrogen) atoms. The number of aliphatic carboxylic acids is 4. The van der Waals surface area contributed by atoms with Crippen LogP contribution in [0.25, 0.3) is 0 Å². The van der Waals surface area contributed by atoms with Crippen molar-refractivity contribution in [1.82, 2.24) is 68.5 Å². The van der Waals surface area contributed by atoms with Gasteiger partial charge in [0.25, 0.3) is 0 Å². The van der Waals surface area contributed by atoms with Gasteiger partial charge in [-0.2, -0.15) is 0 Å². The fraction of sp³-hybridized carbons (Fsp3) is 0.547. The first kappa shape index (κ1) is 76.4. The molecule has 498 valence electrons. The number of nitrogens with two attached hydrogens (primary N) is 1. The molecular formula is C53H78N14O23. The molecule has 0 aliphatic heterocycles. The molecule has 37 nitrogen and oxygen atoms in total. The first-order chi connectivity index (χ1) is 42.1. The van der Waals surface area contributed by atoms with Crippen molar-refractivity contribution in [2.45, 2.75) is 165 Å². The lowest BCUT2D eigenvalue weighted by atomic mass is 10.0. The van der Waals surface area contributed by atoms with Crippen LogP contribution in [-0.4, -0.2) is 238 Å². The van der Waals surface area contributed by atoms with Gasteiger partial charge in [0.1, 0.15) is 60.4 Å². The number of H-pyrrole nitrogens is 1. The van der Waals surface area contributed by atoms with Crippen molar-refractivity contribution < 1.29 is 113 Å². The Morgan fingerprint density at radius 2 is 0.933 bits per heavy atom. The summed E-state index contributed by atoms with van der Waals surface area (Å²) in [4.78, 5) is 201. The largest absolute Gasteiger partial charge is 0.481 e. The number of nitrogens with one attached hydrogen (secondary N) is 12. The summed E-state index contributed by atoms with van der Waals surface area (Å²) < 4.78 is 0. The van der Waals surface area contributed by atoms with E-state index in [1.807, 2.05) is 16.0 Å². The number of carboxylic acids is 4. The van der Waals surface area contributed by atoms with Crippen molar-refractivity contribution in [2.75, 3.05) is 13.2 Å². The average Bonchev–Trinajstić information content (AvgIpc) is 1.99. The predicted octanol–water partition coefficient (Wildman–Crippen LogP) is -8.80. The third-order valence-electron chi connectivity index (χ3n) is 13.0. The number of hydrogen-bond donors (Lipinski definition) is 21. The number of carbonyl (C=O) groups excluding carboxylic acids is 11. The lowest BCUT2D eigenvalue weighted by molar-refractivity contribution is -0.145. The second kappa shape index (κ2) is 37.2. The quantitative estimate of drug-likeness (QED) is 0.0296. The van der Waals surface area contributed by atoms with Crippen LogP contribution in [0.4, 0.5) is 0 Å². The van der Waals surface area contributed by atoms with E-state index >= 15 is 0 Å². The molecular weight excluding hydrogens is 1200 g/mol. The number of carboxylic acid groups (broad SMARTS) is 4. The van der Waals surface area contributed by atoms with Gasteiger partial charge in [-0.1, -0.05) is 44.2 Å². The summed E-state index contributed by atoms with van der Waals surface area (Å²) in [7, 11) is 0. The maximum absolute atomic E-state index is 14.1. The third kappa shape index (κ3) is 26.3. The van der Waals surface area contributed by atoms with Crippen molar-refractivity contribution in [1.29, 1.82) is 0 Å². The number of aromatic nitrogens is 2. The van der Waals surface area contributed by atoms with Crippen LogP contribution in [0.2, 0.25) is 0 Å². The zero-order chi connectivity index (χ0) is 68.3. The van der Waals surface area contributed by atoms with E-state index < -0.39 is 218 Å². The van der Waals surface area contributed by atoms with Crippen molar-refractivity contribution in [3.05, 3.63) is 54.1 Å². The van der Waals surface area contributed by atoms with E-state index in [9.17, 15) is 113 Å². The number of imidazole rings is 1. The van der Waals surface area contributed by atoms with Crippen LogP contribution in [0.3, 0.4) is 0 Å². The van der Waals surface area contributed by atoms with Gasteiger partial charge in [-0.25, -0.2) is 9.78 Å². The van der Waals surface area contributed by atoms with Crippen LogP contribution in [-0.2, 0) is 84.8 Å². The molecule has 0 aliphatic rings. The minimum atomic E-state index is -2.23. The highest BCUT2D eigenvalue weighted by atomic mass is 16.4. The van der Waals surface area contributed by atoms with Gasteiger partial charge in [0.2, 0.25) is 65.0 Å². The molecule has 0 saturated heterocycles. The van der Waals surface area contributed by atoms with Crippen molar-refractivity contribution in [2.24, 2.45) is 11.7 Å². The molecule has 0 spiro atoms. The number of nitrogens with zero attached hydrogens (tertiary/aromatic N) is 1. The molecule has 1 heterocycles. The highest BCUT2D eigenvalue weighted by molar-refractivity contribution is 6.00. The van der Waals surface area contributed by atoms with Gasteiger partial charge in [0.15, 0.2) is 0 Å². The summed E-state index contributed by atoms with van der Waals surface area (Å²) in [5.74, 6) is -20.8. The van der Waals surface area contributed by atoms with Gasteiger partial charge in [-0.05, 0) is 45.6 Å². The molecule has 0 aliphatic carbocycles. The second-order valence-electron chi connectivity index (χ2n) is 20.9. The molecule has 37 heteroatoms. The molecule has 14 atom stereocenters. The first-order valence-electron chi connectivity index (χ1n) is 27.7. The van der Waals surface area contributed by atoms with E-state index in [0.29, 0.717) is 11.3 Å². The molecule has 11 amide bonds. The van der Waals surface area contributed by atoms with Crippen LogP contribution in [0.15, 0.2) is 42.9 Å². The summed E-state index contributed by atoms with van der Waals surface area (Å²) in [6.45, 7) is 4.99. The molecule has 0 radical (unpaired) electrons. The number of aliphatic hydroxyl groups is 4. The summed E-state index contributed by atoms with van der Waals surface area (Å²) in [5.41, 5.74) is 6.81. The molecule has 2 rings (SSSR count). The third-order valence-corrected chi connectivity index (χ3v) is 13.0. The number of amides is 11. The number of rotatable bonds is 39. The zero-order valence-corrected chi connectivity index (χ0v) is 49.6. The number of aromatic amines is 1. The Hall–Kier alpha value is -9.72. The van der Waals surface area contributed by atoms with Crippen LogP contribution >= 0.6 is 0 Å². The Kier molecular flexibility index (Phi) is 31.6. The molecule has 0 bridgehead atoms. The van der Waals surface area contributed by atoms with Gasteiger partial charge in [0.05, 0.1) is 56.7 Å². The van der Waals surface area contributed by atoms with E-state index in [1.54, 1.807) is 18.2 Å². The smallest absolute Gasteiger partial charge is 0.328 e. The Morgan fingerprint density at radius 3 is 1.41 bits per heavy atom. The molecule has 22 N–H and O–H groups in total. The molecule has 1 aromatic heterocycles. The normalized spacial score (nSPS) is 15.7. The summed E-state index contributed by atoms with van der Waals surface area (Å²) >= 11 is 0. The minimum absolute atomic E-state index is 0.0227. The first-order valence-corrected chi connectivity index (χ1v) is 27.7. The molecule has 1 aromatic carbocycles. The lowest BCUT2D eigenvalue weighted by Gasteiger charge is -2.29. The Balaban J connectivity index is 2.32. The number of hydrogen-bond acceptors (Lipinski definition) is 21. The monoisotopic (exact) mass is 1280 g/mol. The Bertz CT molecular complexity index is 2860. The number of aliphatic hydroxyl groups excluding tert-OH is 4. The van der Waals surface area contributed by atoms with Crippen LogP contribution < -0.4 is 64.2 Å². The van der Waals surface area contributed by atoms with E-state index in [4.69, 9.17) is 5.73 Å². The fourth-order valence-corrected chi connectivity index (χ4v) is 8.03. The summed E-state index contributed by atoms with van der Waals surface area (Å²) in [6.07, 6.45) is -6.81. The van der Waals surface area contributed by atoms with Crippen molar-refractivity contribution in [3.8, 4) is 0 Å². The van der Waals surface area contributed by atoms with Gasteiger partial charge in [-0.15, -0.1) is 0 Å². The minimum Gasteiger partial charge on any atom is -0.481 e. The SMILES string of the molecule is CC(C)[C@H](NC(=O)[C@H](CC(=O)O)NC(=O)[C@@H](CC(=O)O)NC(=O)[C@@H](NC(=O)[C@@H](NC(=O)[C@H](Cc1ccccc1)NC(=O)[C@@H](NC(=O)CNC(=O)[C@H](CCC(=O)O)NC(=O)[C@@H](C)NC(=O)[C@@H](N)Cc1cnc[nH]1)[C@@H](C)O)[C@@H](C)O)[C@@H](C)O)C(=O)N[C@@H](CO)C(=O)O. The number of carbonyl (C=O) groups is 15. The Labute approximate surface area is 512 Å². The highest BCUT2D eigenvalue weighted by Gasteiger charge is 2.39. The van der Waals surface area contributed by atoms with Crippen molar-refractivity contribution >= 4 is 88.9 Å². The van der Waals surface area contributed by atoms with Gasteiger partial charge >= 0.3 is 23.9 Å². The lowest BCUT2D eigenvalue weighted by Crippen LogP contribution is -2.64. The maximum Gasteiger partial charge on any atom is 0.328 e. The van der Waals surface area contributed by atoms with Gasteiger partial charge in [0, 0.05) is 31.2 Å². The maximum atomic E-state index is 14.1. The molecule has 0 unspecified atom stereocenters. The standard InChI is InChI=1S/C53H78N14O23/c1-22(2)39(49(85)63-34(20-68)53(89)90)65-48(84)33(17-38(77)78)60-46(82)32(16-37(75)76)62-51(87)41(25(5)70)67-52(88)42(26(6)71)66-47(83)31(14-27-10-8-7-9-11-27)61-50(86)40(24(4)69)64-35(72)19-56-45(81)30(12-13-36(73)74)59-43(79)23(3)58-44(80)29(54)15-28-18-55-21-57-28/h7-11,18,21-26,29-34,39-42,68-71H,12-17,19-20,54H2,1-6H3,(H,55,57)(H,56,81)(H,58,80)(H,59,79)(H,60,82)(H,61,86)(H,62,87)(H,63,85)(H,64,72)(H,65,84)(H,66,83)(H,67,88)(H,73,74)(H,75,76)(H,77,78)(H,89,90)/t23-,24-,25-,26-,29+,30+,31+,32-,33+,34+,39+,40+,41+,42+/m1/s1. The molecule has 0 saturated carbocycles. The summed E-state index contributed by atoms with van der Waals surface area (Å²) in [5, 5.41) is 103. The van der Waals surface area contributed by atoms with E-state index in [-0.39, 0.29) is 12.8 Å². The van der Waals surface area contributed by atoms with Gasteiger partial charge in [-0.3, -0.25) is 67.1 Å². The van der Waals surface area contributed by atoms with Crippen LogP contribution in [0.5, 0.6) is 0 Å².